The Bertz CT molecular complexity index is 1240. The first-order valence-electron chi connectivity index (χ1n) is 10.6. The fourth-order valence-electron chi connectivity index (χ4n) is 3.54. The molecular formula is C26H22N2O5S. The molecule has 3 aromatic rings. The molecule has 1 aliphatic rings. The third-order valence-electron chi connectivity index (χ3n) is 5.38. The van der Waals surface area contributed by atoms with E-state index in [1.807, 2.05) is 0 Å². The van der Waals surface area contributed by atoms with Gasteiger partial charge in [0, 0.05) is 28.1 Å². The number of ketones is 1. The summed E-state index contributed by atoms with van der Waals surface area (Å²) in [6, 6.07) is 20.3. The van der Waals surface area contributed by atoms with Gasteiger partial charge in [-0.2, -0.15) is 0 Å². The zero-order chi connectivity index (χ0) is 24.2. The SMILES string of the molecule is COc1ccc(C(=O)Nc2ccc(SC3CC(=O)N(c4ccc(C(C)=O)cc4)C3=O)cc2)cc1. The Hall–Kier alpha value is -3.91. The highest BCUT2D eigenvalue weighted by molar-refractivity contribution is 8.00. The van der Waals surface area contributed by atoms with Gasteiger partial charge in [-0.25, -0.2) is 4.90 Å². The Kier molecular flexibility index (Phi) is 6.79. The number of benzene rings is 3. The van der Waals surface area contributed by atoms with Crippen LogP contribution in [0.2, 0.25) is 0 Å². The molecule has 0 aromatic heterocycles. The van der Waals surface area contributed by atoms with Crippen molar-refractivity contribution >= 4 is 46.6 Å². The van der Waals surface area contributed by atoms with Crippen LogP contribution in [0.3, 0.4) is 0 Å². The highest BCUT2D eigenvalue weighted by atomic mass is 32.2. The largest absolute Gasteiger partial charge is 0.497 e. The maximum Gasteiger partial charge on any atom is 0.255 e. The third kappa shape index (κ3) is 5.02. The van der Waals surface area contributed by atoms with E-state index in [2.05, 4.69) is 5.32 Å². The summed E-state index contributed by atoms with van der Waals surface area (Å²) in [7, 11) is 1.56. The number of anilines is 2. The lowest BCUT2D eigenvalue weighted by atomic mass is 10.1. The van der Waals surface area contributed by atoms with Gasteiger partial charge in [-0.05, 0) is 79.7 Å². The maximum absolute atomic E-state index is 12.9. The van der Waals surface area contributed by atoms with Crippen molar-refractivity contribution < 1.29 is 23.9 Å². The summed E-state index contributed by atoms with van der Waals surface area (Å²) in [5.41, 5.74) is 2.10. The van der Waals surface area contributed by atoms with Crippen molar-refractivity contribution in [2.24, 2.45) is 0 Å². The number of methoxy groups -OCH3 is 1. The summed E-state index contributed by atoms with van der Waals surface area (Å²) >= 11 is 1.30. The molecule has 1 unspecified atom stereocenters. The van der Waals surface area contributed by atoms with Gasteiger partial charge < -0.3 is 10.1 Å². The van der Waals surface area contributed by atoms with Crippen molar-refractivity contribution in [3.8, 4) is 5.75 Å². The van der Waals surface area contributed by atoms with E-state index in [-0.39, 0.29) is 29.9 Å². The molecule has 0 spiro atoms. The fourth-order valence-corrected chi connectivity index (χ4v) is 4.59. The molecule has 1 saturated heterocycles. The number of ether oxygens (including phenoxy) is 1. The Labute approximate surface area is 201 Å². The second kappa shape index (κ2) is 9.93. The average molecular weight is 475 g/mol. The number of thioether (sulfide) groups is 1. The predicted octanol–water partition coefficient (Wildman–Crippen LogP) is 4.57. The number of carbonyl (C=O) groups excluding carboxylic acids is 4. The molecule has 7 nitrogen and oxygen atoms in total. The van der Waals surface area contributed by atoms with Crippen LogP contribution < -0.4 is 15.0 Å². The fraction of sp³-hybridized carbons (Fsp3) is 0.154. The smallest absolute Gasteiger partial charge is 0.255 e. The zero-order valence-corrected chi connectivity index (χ0v) is 19.4. The number of carbonyl (C=O) groups is 4. The summed E-state index contributed by atoms with van der Waals surface area (Å²) < 4.78 is 5.10. The monoisotopic (exact) mass is 474 g/mol. The van der Waals surface area contributed by atoms with E-state index in [0.717, 1.165) is 4.90 Å². The van der Waals surface area contributed by atoms with Crippen molar-refractivity contribution in [2.45, 2.75) is 23.5 Å². The second-order valence-electron chi connectivity index (χ2n) is 7.69. The van der Waals surface area contributed by atoms with Crippen LogP contribution >= 0.6 is 11.8 Å². The first kappa shape index (κ1) is 23.3. The Morgan fingerprint density at radius 3 is 2.12 bits per heavy atom. The molecule has 1 heterocycles. The van der Waals surface area contributed by atoms with Crippen molar-refractivity contribution in [1.29, 1.82) is 0 Å². The molecule has 0 aliphatic carbocycles. The van der Waals surface area contributed by atoms with E-state index in [9.17, 15) is 19.2 Å². The molecule has 4 rings (SSSR count). The number of rotatable bonds is 7. The number of Topliss-reactive ketones (excluding diaryl/α,β-unsaturated/α-hetero) is 1. The predicted molar refractivity (Wildman–Crippen MR) is 131 cm³/mol. The van der Waals surface area contributed by atoms with Gasteiger partial charge in [0.2, 0.25) is 11.8 Å². The summed E-state index contributed by atoms with van der Waals surface area (Å²) in [4.78, 5) is 51.3. The highest BCUT2D eigenvalue weighted by Gasteiger charge is 2.40. The van der Waals surface area contributed by atoms with Gasteiger partial charge in [0.05, 0.1) is 18.0 Å². The number of hydrogen-bond acceptors (Lipinski definition) is 6. The maximum atomic E-state index is 12.9. The minimum Gasteiger partial charge on any atom is -0.497 e. The third-order valence-corrected chi connectivity index (χ3v) is 6.58. The number of imide groups is 1. The first-order valence-corrected chi connectivity index (χ1v) is 11.4. The molecule has 0 radical (unpaired) electrons. The van der Waals surface area contributed by atoms with Gasteiger partial charge in [0.25, 0.3) is 5.91 Å². The van der Waals surface area contributed by atoms with Crippen LogP contribution in [0.5, 0.6) is 5.75 Å². The average Bonchev–Trinajstić information content (AvgIpc) is 3.12. The summed E-state index contributed by atoms with van der Waals surface area (Å²) in [6.07, 6.45) is 0.0912. The topological polar surface area (TPSA) is 92.8 Å². The van der Waals surface area contributed by atoms with Crippen LogP contribution in [0.15, 0.2) is 77.7 Å². The molecule has 3 aromatic carbocycles. The van der Waals surface area contributed by atoms with E-state index < -0.39 is 5.25 Å². The van der Waals surface area contributed by atoms with Crippen molar-refractivity contribution in [3.63, 3.8) is 0 Å². The quantitative estimate of drug-likeness (QED) is 0.398. The number of amides is 3. The van der Waals surface area contributed by atoms with Crippen LogP contribution in [-0.2, 0) is 9.59 Å². The van der Waals surface area contributed by atoms with Crippen molar-refractivity contribution in [1.82, 2.24) is 0 Å². The minimum atomic E-state index is -0.542. The molecule has 172 valence electrons. The molecule has 1 aliphatic heterocycles. The van der Waals surface area contributed by atoms with Crippen molar-refractivity contribution in [2.75, 3.05) is 17.3 Å². The standard InChI is InChI=1S/C26H22N2O5S/c1-16(29)17-3-9-20(10-4-17)28-24(30)15-23(26(28)32)34-22-13-7-19(8-14-22)27-25(31)18-5-11-21(33-2)12-6-18/h3-14,23H,15H2,1-2H3,(H,27,31). The highest BCUT2D eigenvalue weighted by Crippen LogP contribution is 2.34. The summed E-state index contributed by atoms with van der Waals surface area (Å²) in [5.74, 6) is -0.220. The summed E-state index contributed by atoms with van der Waals surface area (Å²) in [5, 5.41) is 2.29. The molecule has 34 heavy (non-hydrogen) atoms. The Balaban J connectivity index is 1.39. The first-order chi connectivity index (χ1) is 16.4. The van der Waals surface area contributed by atoms with Gasteiger partial charge >= 0.3 is 0 Å². The molecular weight excluding hydrogens is 452 g/mol. The lowest BCUT2D eigenvalue weighted by Crippen LogP contribution is -2.31. The molecule has 1 N–H and O–H groups in total. The van der Waals surface area contributed by atoms with Crippen LogP contribution in [0, 0.1) is 0 Å². The Morgan fingerprint density at radius 2 is 1.53 bits per heavy atom. The van der Waals surface area contributed by atoms with E-state index in [1.165, 1.54) is 23.6 Å². The number of hydrogen-bond donors (Lipinski definition) is 1. The van der Waals surface area contributed by atoms with Crippen LogP contribution in [0.25, 0.3) is 0 Å². The van der Waals surface area contributed by atoms with E-state index >= 15 is 0 Å². The van der Waals surface area contributed by atoms with Gasteiger partial charge in [0.15, 0.2) is 5.78 Å². The molecule has 3 amide bonds. The molecule has 8 heteroatoms. The molecule has 0 saturated carbocycles. The lowest BCUT2D eigenvalue weighted by molar-refractivity contribution is -0.121. The van der Waals surface area contributed by atoms with Gasteiger partial charge in [-0.3, -0.25) is 19.2 Å². The van der Waals surface area contributed by atoms with Gasteiger partial charge in [0.1, 0.15) is 5.75 Å². The molecule has 0 bridgehead atoms. The number of nitrogens with one attached hydrogen (secondary N) is 1. The molecule has 1 fully saturated rings. The van der Waals surface area contributed by atoms with Crippen molar-refractivity contribution in [3.05, 3.63) is 83.9 Å². The van der Waals surface area contributed by atoms with Gasteiger partial charge in [-0.1, -0.05) is 0 Å². The zero-order valence-electron chi connectivity index (χ0n) is 18.6. The summed E-state index contributed by atoms with van der Waals surface area (Å²) in [6.45, 7) is 1.46. The molecule has 1 atom stereocenters. The van der Waals surface area contributed by atoms with E-state index in [4.69, 9.17) is 4.74 Å². The van der Waals surface area contributed by atoms with E-state index in [1.54, 1.807) is 79.9 Å². The lowest BCUT2D eigenvalue weighted by Gasteiger charge is -2.15. The van der Waals surface area contributed by atoms with Crippen LogP contribution in [0.1, 0.15) is 34.1 Å². The van der Waals surface area contributed by atoms with Crippen LogP contribution in [0.4, 0.5) is 11.4 Å². The van der Waals surface area contributed by atoms with Crippen LogP contribution in [-0.4, -0.2) is 35.9 Å². The minimum absolute atomic E-state index is 0.0808. The number of nitrogens with zero attached hydrogens (tertiary/aromatic N) is 1. The van der Waals surface area contributed by atoms with E-state index in [0.29, 0.717) is 28.3 Å². The second-order valence-corrected chi connectivity index (χ2v) is 8.96. The normalized spacial score (nSPS) is 15.4. The Morgan fingerprint density at radius 1 is 0.912 bits per heavy atom. The van der Waals surface area contributed by atoms with Gasteiger partial charge in [-0.15, -0.1) is 11.8 Å².